The van der Waals surface area contributed by atoms with E-state index in [1.165, 1.54) is 25.7 Å². The lowest BCUT2D eigenvalue weighted by Gasteiger charge is -2.42. The third-order valence-electron chi connectivity index (χ3n) is 4.16. The molecule has 1 saturated carbocycles. The molecule has 100 valence electrons. The zero-order valence-electron chi connectivity index (χ0n) is 11.1. The highest BCUT2D eigenvalue weighted by molar-refractivity contribution is 4.86. The predicted octanol–water partition coefficient (Wildman–Crippen LogP) is 0.992. The van der Waals surface area contributed by atoms with Gasteiger partial charge in [0.25, 0.3) is 0 Å². The second kappa shape index (κ2) is 6.14. The summed E-state index contributed by atoms with van der Waals surface area (Å²) in [7, 11) is 1.83. The van der Waals surface area contributed by atoms with Crippen LogP contribution >= 0.6 is 0 Å². The van der Waals surface area contributed by atoms with Crippen molar-refractivity contribution in [2.45, 2.75) is 56.9 Å². The van der Waals surface area contributed by atoms with E-state index in [1.807, 2.05) is 14.0 Å². The van der Waals surface area contributed by atoms with E-state index in [0.717, 1.165) is 19.7 Å². The Kier molecular flexibility index (Phi) is 4.79. The summed E-state index contributed by atoms with van der Waals surface area (Å²) in [6.07, 6.45) is 5.61. The standard InChI is InChI=1S/C13H26N2O2/c1-10(14)13-9-15(6-7-17-13)11-4-3-5-12(8-11)16-2/h10-13H,3-9,14H2,1-2H3. The molecule has 2 fully saturated rings. The van der Waals surface area contributed by atoms with Gasteiger partial charge in [0.2, 0.25) is 0 Å². The van der Waals surface area contributed by atoms with Crippen molar-refractivity contribution < 1.29 is 9.47 Å². The molecule has 0 amide bonds. The minimum absolute atomic E-state index is 0.125. The van der Waals surface area contributed by atoms with Crippen LogP contribution in [0.2, 0.25) is 0 Å². The highest BCUT2D eigenvalue weighted by atomic mass is 16.5. The van der Waals surface area contributed by atoms with Gasteiger partial charge in [0.1, 0.15) is 0 Å². The van der Waals surface area contributed by atoms with Crippen LogP contribution in [0.25, 0.3) is 0 Å². The van der Waals surface area contributed by atoms with Crippen LogP contribution in [0.1, 0.15) is 32.6 Å². The molecular weight excluding hydrogens is 216 g/mol. The first-order valence-electron chi connectivity index (χ1n) is 6.84. The average Bonchev–Trinajstić information content (AvgIpc) is 2.39. The van der Waals surface area contributed by atoms with E-state index < -0.39 is 0 Å². The molecule has 4 heteroatoms. The van der Waals surface area contributed by atoms with Gasteiger partial charge in [-0.15, -0.1) is 0 Å². The maximum Gasteiger partial charge on any atom is 0.0850 e. The molecule has 1 aliphatic heterocycles. The van der Waals surface area contributed by atoms with Crippen molar-refractivity contribution in [3.8, 4) is 0 Å². The number of methoxy groups -OCH3 is 1. The maximum absolute atomic E-state index is 5.94. The van der Waals surface area contributed by atoms with E-state index >= 15 is 0 Å². The van der Waals surface area contributed by atoms with Gasteiger partial charge in [-0.2, -0.15) is 0 Å². The average molecular weight is 242 g/mol. The summed E-state index contributed by atoms with van der Waals surface area (Å²) in [6.45, 7) is 4.89. The Bertz CT molecular complexity index is 235. The van der Waals surface area contributed by atoms with Gasteiger partial charge in [0.05, 0.1) is 18.8 Å². The Morgan fingerprint density at radius 1 is 1.41 bits per heavy atom. The minimum atomic E-state index is 0.125. The van der Waals surface area contributed by atoms with Gasteiger partial charge in [0.15, 0.2) is 0 Å². The molecule has 2 rings (SSSR count). The predicted molar refractivity (Wildman–Crippen MR) is 68.0 cm³/mol. The van der Waals surface area contributed by atoms with Crippen LogP contribution < -0.4 is 5.73 Å². The summed E-state index contributed by atoms with van der Waals surface area (Å²) < 4.78 is 11.2. The van der Waals surface area contributed by atoms with Crippen molar-refractivity contribution in [2.24, 2.45) is 5.73 Å². The molecule has 0 bridgehead atoms. The van der Waals surface area contributed by atoms with Crippen LogP contribution in [0, 0.1) is 0 Å². The Hall–Kier alpha value is -0.160. The van der Waals surface area contributed by atoms with Crippen LogP contribution in [0.15, 0.2) is 0 Å². The Labute approximate surface area is 104 Å². The number of nitrogens with zero attached hydrogens (tertiary/aromatic N) is 1. The van der Waals surface area contributed by atoms with Crippen molar-refractivity contribution >= 4 is 0 Å². The van der Waals surface area contributed by atoms with Gasteiger partial charge in [0, 0.05) is 32.3 Å². The number of ether oxygens (including phenoxy) is 2. The summed E-state index contributed by atoms with van der Waals surface area (Å²) in [5.41, 5.74) is 5.94. The molecule has 2 N–H and O–H groups in total. The quantitative estimate of drug-likeness (QED) is 0.802. The normalized spacial score (nSPS) is 37.9. The van der Waals surface area contributed by atoms with Crippen LogP contribution in [-0.2, 0) is 9.47 Å². The molecule has 4 unspecified atom stereocenters. The van der Waals surface area contributed by atoms with Gasteiger partial charge in [-0.3, -0.25) is 4.90 Å². The molecule has 17 heavy (non-hydrogen) atoms. The van der Waals surface area contributed by atoms with Crippen LogP contribution in [0.3, 0.4) is 0 Å². The molecule has 1 heterocycles. The topological polar surface area (TPSA) is 47.7 Å². The molecule has 0 radical (unpaired) electrons. The number of nitrogens with two attached hydrogens (primary N) is 1. The van der Waals surface area contributed by atoms with Gasteiger partial charge in [-0.1, -0.05) is 0 Å². The molecule has 2 aliphatic rings. The fourth-order valence-corrected chi connectivity index (χ4v) is 3.01. The lowest BCUT2D eigenvalue weighted by Crippen LogP contribution is -2.53. The van der Waals surface area contributed by atoms with Gasteiger partial charge >= 0.3 is 0 Å². The molecule has 0 spiro atoms. The van der Waals surface area contributed by atoms with Gasteiger partial charge < -0.3 is 15.2 Å². The molecule has 0 aromatic carbocycles. The fourth-order valence-electron chi connectivity index (χ4n) is 3.01. The van der Waals surface area contributed by atoms with Crippen molar-refractivity contribution in [3.63, 3.8) is 0 Å². The van der Waals surface area contributed by atoms with Gasteiger partial charge in [-0.05, 0) is 32.6 Å². The second-order valence-electron chi connectivity index (χ2n) is 5.44. The summed E-state index contributed by atoms with van der Waals surface area (Å²) in [5.74, 6) is 0. The largest absolute Gasteiger partial charge is 0.381 e. The summed E-state index contributed by atoms with van der Waals surface area (Å²) in [5, 5.41) is 0. The van der Waals surface area contributed by atoms with E-state index in [4.69, 9.17) is 15.2 Å². The molecule has 4 atom stereocenters. The molecule has 1 aliphatic carbocycles. The van der Waals surface area contributed by atoms with Crippen LogP contribution in [0.5, 0.6) is 0 Å². The lowest BCUT2D eigenvalue weighted by atomic mass is 9.91. The van der Waals surface area contributed by atoms with Crippen LogP contribution in [-0.4, -0.2) is 56.0 Å². The second-order valence-corrected chi connectivity index (χ2v) is 5.44. The maximum atomic E-state index is 5.94. The van der Waals surface area contributed by atoms with Gasteiger partial charge in [-0.25, -0.2) is 0 Å². The molecule has 0 aromatic heterocycles. The van der Waals surface area contributed by atoms with E-state index in [9.17, 15) is 0 Å². The first-order chi connectivity index (χ1) is 8.20. The van der Waals surface area contributed by atoms with Crippen molar-refractivity contribution in [3.05, 3.63) is 0 Å². The minimum Gasteiger partial charge on any atom is -0.381 e. The SMILES string of the molecule is COC1CCCC(N2CCOC(C(C)N)C2)C1. The zero-order valence-corrected chi connectivity index (χ0v) is 11.1. The number of morpholine rings is 1. The number of hydrogen-bond donors (Lipinski definition) is 1. The fraction of sp³-hybridized carbons (Fsp3) is 1.00. The molecule has 4 nitrogen and oxygen atoms in total. The van der Waals surface area contributed by atoms with E-state index in [0.29, 0.717) is 12.1 Å². The first-order valence-corrected chi connectivity index (χ1v) is 6.84. The first kappa shape index (κ1) is 13.3. The highest BCUT2D eigenvalue weighted by Crippen LogP contribution is 2.26. The highest BCUT2D eigenvalue weighted by Gasteiger charge is 2.31. The Morgan fingerprint density at radius 2 is 2.24 bits per heavy atom. The van der Waals surface area contributed by atoms with E-state index in [-0.39, 0.29) is 12.1 Å². The smallest absolute Gasteiger partial charge is 0.0850 e. The monoisotopic (exact) mass is 242 g/mol. The summed E-state index contributed by atoms with van der Waals surface area (Å²) in [4.78, 5) is 2.56. The Balaban J connectivity index is 1.88. The van der Waals surface area contributed by atoms with E-state index in [1.54, 1.807) is 0 Å². The third kappa shape index (κ3) is 3.41. The van der Waals surface area contributed by atoms with Crippen LogP contribution in [0.4, 0.5) is 0 Å². The van der Waals surface area contributed by atoms with Crippen molar-refractivity contribution in [1.29, 1.82) is 0 Å². The summed E-state index contributed by atoms with van der Waals surface area (Å²) in [6, 6.07) is 0.790. The van der Waals surface area contributed by atoms with E-state index in [2.05, 4.69) is 4.90 Å². The summed E-state index contributed by atoms with van der Waals surface area (Å²) >= 11 is 0. The lowest BCUT2D eigenvalue weighted by molar-refractivity contribution is -0.0667. The zero-order chi connectivity index (χ0) is 12.3. The van der Waals surface area contributed by atoms with Crippen molar-refractivity contribution in [1.82, 2.24) is 4.90 Å². The number of rotatable bonds is 3. The number of hydrogen-bond acceptors (Lipinski definition) is 4. The molecule has 1 saturated heterocycles. The van der Waals surface area contributed by atoms with Crippen molar-refractivity contribution in [2.75, 3.05) is 26.8 Å². The molecule has 0 aromatic rings. The Morgan fingerprint density at radius 3 is 2.94 bits per heavy atom. The third-order valence-corrected chi connectivity index (χ3v) is 4.16. The molecular formula is C13H26N2O2.